The molecule has 1 heterocycles. The zero-order valence-electron chi connectivity index (χ0n) is 13.2. The van der Waals surface area contributed by atoms with Crippen molar-refractivity contribution in [2.75, 3.05) is 0 Å². The van der Waals surface area contributed by atoms with Gasteiger partial charge in [-0.2, -0.15) is 4.57 Å². The highest BCUT2D eigenvalue weighted by molar-refractivity contribution is 5.72. The average Bonchev–Trinajstić information content (AvgIpc) is 2.87. The van der Waals surface area contributed by atoms with E-state index in [0.29, 0.717) is 0 Å². The minimum Gasteiger partial charge on any atom is -0.243 e. The Morgan fingerprint density at radius 3 is 2.64 bits per heavy atom. The zero-order chi connectivity index (χ0) is 15.3. The van der Waals surface area contributed by atoms with Crippen molar-refractivity contribution in [3.05, 3.63) is 71.0 Å². The van der Waals surface area contributed by atoms with E-state index in [-0.39, 0.29) is 0 Å². The lowest BCUT2D eigenvalue weighted by Crippen LogP contribution is -2.36. The van der Waals surface area contributed by atoms with Gasteiger partial charge in [-0.05, 0) is 31.0 Å². The first-order valence-electron chi connectivity index (χ1n) is 7.69. The van der Waals surface area contributed by atoms with Crippen molar-refractivity contribution in [1.29, 1.82) is 0 Å². The van der Waals surface area contributed by atoms with Gasteiger partial charge in [-0.1, -0.05) is 42.0 Å². The van der Waals surface area contributed by atoms with Crippen molar-refractivity contribution in [2.45, 2.75) is 20.3 Å². The molecule has 22 heavy (non-hydrogen) atoms. The fraction of sp³-hybridized carbons (Fsp3) is 0.200. The molecule has 2 heteroatoms. The number of hydrogen-bond acceptors (Lipinski definition) is 1. The van der Waals surface area contributed by atoms with E-state index < -0.39 is 0 Å². The van der Waals surface area contributed by atoms with Gasteiger partial charge in [0.25, 0.3) is 0 Å². The number of benzene rings is 2. The number of fused-ring (bicyclic) bond motifs is 3. The molecule has 0 unspecified atom stereocenters. The first kappa shape index (κ1) is 13.2. The smallest absolute Gasteiger partial charge is 0.231 e. The molecule has 0 saturated carbocycles. The van der Waals surface area contributed by atoms with Gasteiger partial charge in [0.2, 0.25) is 11.4 Å². The summed E-state index contributed by atoms with van der Waals surface area (Å²) in [5.74, 6) is 0. The van der Waals surface area contributed by atoms with Gasteiger partial charge < -0.3 is 0 Å². The van der Waals surface area contributed by atoms with Crippen LogP contribution in [-0.4, -0.2) is 4.98 Å². The highest BCUT2D eigenvalue weighted by Gasteiger charge is 2.29. The van der Waals surface area contributed by atoms with Crippen LogP contribution in [0.25, 0.3) is 22.5 Å². The molecule has 108 valence electrons. The number of hydrogen-bond donors (Lipinski definition) is 0. The largest absolute Gasteiger partial charge is 0.243 e. The van der Waals surface area contributed by atoms with Crippen LogP contribution >= 0.6 is 0 Å². The van der Waals surface area contributed by atoms with Gasteiger partial charge in [-0.15, -0.1) is 0 Å². The highest BCUT2D eigenvalue weighted by atomic mass is 15.0. The summed E-state index contributed by atoms with van der Waals surface area (Å²) in [6, 6.07) is 15.2. The summed E-state index contributed by atoms with van der Waals surface area (Å²) in [6.07, 6.45) is 2.98. The fourth-order valence-electron chi connectivity index (χ4n) is 3.41. The first-order chi connectivity index (χ1) is 10.6. The van der Waals surface area contributed by atoms with Crippen LogP contribution in [0.4, 0.5) is 0 Å². The van der Waals surface area contributed by atoms with E-state index in [1.807, 2.05) is 6.20 Å². The molecule has 0 atom stereocenters. The summed E-state index contributed by atoms with van der Waals surface area (Å²) in [5.41, 5.74) is 10.2. The second kappa shape index (κ2) is 4.77. The molecule has 1 aliphatic carbocycles. The van der Waals surface area contributed by atoms with E-state index in [9.17, 15) is 0 Å². The molecule has 0 fully saturated rings. The van der Waals surface area contributed by atoms with E-state index in [4.69, 9.17) is 4.98 Å². The molecule has 1 aliphatic rings. The molecule has 0 aliphatic heterocycles. The monoisotopic (exact) mass is 287 g/mol. The van der Waals surface area contributed by atoms with Crippen molar-refractivity contribution in [2.24, 2.45) is 7.05 Å². The number of aromatic nitrogens is 2. The standard InChI is InChI=1S/C20H19N2/c1-13-8-9-17-15(10-13)11-18-20(17)21-12-19(22(18)3)16-7-5-4-6-14(16)2/h4-10,12H,11H2,1-3H3/q+1. The quantitative estimate of drug-likeness (QED) is 0.487. The van der Waals surface area contributed by atoms with Gasteiger partial charge in [-0.3, -0.25) is 0 Å². The summed E-state index contributed by atoms with van der Waals surface area (Å²) < 4.78 is 2.31. The number of aryl methyl sites for hydroxylation is 2. The predicted molar refractivity (Wildman–Crippen MR) is 88.6 cm³/mol. The lowest BCUT2D eigenvalue weighted by Gasteiger charge is -2.06. The van der Waals surface area contributed by atoms with E-state index in [1.54, 1.807) is 0 Å². The second-order valence-corrected chi connectivity index (χ2v) is 6.15. The van der Waals surface area contributed by atoms with Crippen LogP contribution in [0.3, 0.4) is 0 Å². The van der Waals surface area contributed by atoms with Gasteiger partial charge in [0.15, 0.2) is 0 Å². The van der Waals surface area contributed by atoms with Crippen LogP contribution in [0, 0.1) is 13.8 Å². The molecule has 0 amide bonds. The Balaban J connectivity index is 1.91. The molecule has 4 rings (SSSR count). The molecule has 0 saturated heterocycles. The van der Waals surface area contributed by atoms with Crippen molar-refractivity contribution in [3.63, 3.8) is 0 Å². The van der Waals surface area contributed by atoms with Gasteiger partial charge in [-0.25, -0.2) is 4.98 Å². The normalized spacial score (nSPS) is 12.1. The van der Waals surface area contributed by atoms with E-state index >= 15 is 0 Å². The van der Waals surface area contributed by atoms with Gasteiger partial charge in [0, 0.05) is 5.56 Å². The van der Waals surface area contributed by atoms with Crippen LogP contribution in [-0.2, 0) is 13.5 Å². The minimum absolute atomic E-state index is 0.968. The van der Waals surface area contributed by atoms with Gasteiger partial charge >= 0.3 is 0 Å². The number of rotatable bonds is 1. The zero-order valence-corrected chi connectivity index (χ0v) is 13.2. The highest BCUT2D eigenvalue weighted by Crippen LogP contribution is 2.34. The summed E-state index contributed by atoms with van der Waals surface area (Å²) in [5, 5.41) is 0. The van der Waals surface area contributed by atoms with E-state index in [2.05, 4.69) is 67.9 Å². The van der Waals surface area contributed by atoms with Gasteiger partial charge in [0.1, 0.15) is 18.9 Å². The van der Waals surface area contributed by atoms with Crippen LogP contribution in [0.1, 0.15) is 22.4 Å². The third-order valence-electron chi connectivity index (χ3n) is 4.65. The summed E-state index contributed by atoms with van der Waals surface area (Å²) in [6.45, 7) is 4.30. The molecule has 0 bridgehead atoms. The van der Waals surface area contributed by atoms with E-state index in [1.165, 1.54) is 39.2 Å². The molecule has 0 radical (unpaired) electrons. The van der Waals surface area contributed by atoms with Crippen LogP contribution in [0.15, 0.2) is 48.7 Å². The lowest BCUT2D eigenvalue weighted by molar-refractivity contribution is -0.667. The summed E-state index contributed by atoms with van der Waals surface area (Å²) in [7, 11) is 2.15. The van der Waals surface area contributed by atoms with Crippen LogP contribution < -0.4 is 4.57 Å². The molecular formula is C20H19N2+. The SMILES string of the molecule is Cc1ccc2c(c1)Cc1c-2ncc(-c2ccccc2C)[n+]1C. The summed E-state index contributed by atoms with van der Waals surface area (Å²) in [4.78, 5) is 4.79. The molecular weight excluding hydrogens is 268 g/mol. The minimum atomic E-state index is 0.968. The van der Waals surface area contributed by atoms with Crippen molar-refractivity contribution >= 4 is 0 Å². The topological polar surface area (TPSA) is 16.8 Å². The molecule has 0 N–H and O–H groups in total. The Labute approximate surface area is 131 Å². The number of nitrogens with zero attached hydrogens (tertiary/aromatic N) is 2. The molecule has 0 spiro atoms. The maximum absolute atomic E-state index is 4.79. The van der Waals surface area contributed by atoms with Crippen LogP contribution in [0.5, 0.6) is 0 Å². The average molecular weight is 287 g/mol. The van der Waals surface area contributed by atoms with Crippen molar-refractivity contribution in [3.8, 4) is 22.5 Å². The Kier molecular flexibility index (Phi) is 2.86. The second-order valence-electron chi connectivity index (χ2n) is 6.15. The third-order valence-corrected chi connectivity index (χ3v) is 4.65. The van der Waals surface area contributed by atoms with Gasteiger partial charge in [0.05, 0.1) is 12.0 Å². The van der Waals surface area contributed by atoms with Crippen molar-refractivity contribution < 1.29 is 4.57 Å². The first-order valence-corrected chi connectivity index (χ1v) is 7.69. The van der Waals surface area contributed by atoms with E-state index in [0.717, 1.165) is 12.1 Å². The maximum Gasteiger partial charge on any atom is 0.231 e. The lowest BCUT2D eigenvalue weighted by atomic mass is 10.1. The predicted octanol–water partition coefficient (Wildman–Crippen LogP) is 3.76. The van der Waals surface area contributed by atoms with Crippen LogP contribution in [0.2, 0.25) is 0 Å². The van der Waals surface area contributed by atoms with Crippen molar-refractivity contribution in [1.82, 2.24) is 4.98 Å². The molecule has 2 nitrogen and oxygen atoms in total. The molecule has 1 aromatic heterocycles. The summed E-state index contributed by atoms with van der Waals surface area (Å²) >= 11 is 0. The maximum atomic E-state index is 4.79. The third kappa shape index (κ3) is 1.87. The Morgan fingerprint density at radius 2 is 1.82 bits per heavy atom. The Bertz CT molecular complexity index is 894. The molecule has 2 aromatic carbocycles. The fourth-order valence-corrected chi connectivity index (χ4v) is 3.41. The molecule has 3 aromatic rings. The Morgan fingerprint density at radius 1 is 1.00 bits per heavy atom. The Hall–Kier alpha value is -2.48.